The molecule has 0 saturated heterocycles. The lowest BCUT2D eigenvalue weighted by atomic mass is 10.2. The van der Waals surface area contributed by atoms with E-state index in [2.05, 4.69) is 99.0 Å². The van der Waals surface area contributed by atoms with Crippen LogP contribution in [0, 0.1) is 0 Å². The first kappa shape index (κ1) is 18.8. The van der Waals surface area contributed by atoms with Crippen LogP contribution >= 0.6 is 0 Å². The molecule has 134 valence electrons. The molecule has 3 aromatic rings. The number of hydrogen-bond acceptors (Lipinski definition) is 1. The number of hydrogen-bond donors (Lipinski definition) is 1. The molecular weight excluding hydrogens is 348 g/mol. The van der Waals surface area contributed by atoms with Crippen molar-refractivity contribution in [3.63, 3.8) is 0 Å². The predicted molar refractivity (Wildman–Crippen MR) is 117 cm³/mol. The Labute approximate surface area is 159 Å². The topological polar surface area (TPSA) is 20.2 Å². The first-order chi connectivity index (χ1) is 12.3. The second kappa shape index (κ2) is 6.99. The first-order valence-electron chi connectivity index (χ1n) is 9.21. The van der Waals surface area contributed by atoms with E-state index in [1.54, 1.807) is 0 Å². The van der Waals surface area contributed by atoms with Crippen LogP contribution in [-0.4, -0.2) is 21.3 Å². The number of aliphatic hydroxyl groups is 1. The van der Waals surface area contributed by atoms with Gasteiger partial charge >= 0.3 is 0 Å². The van der Waals surface area contributed by atoms with Gasteiger partial charge in [0.1, 0.15) is 16.1 Å². The summed E-state index contributed by atoms with van der Waals surface area (Å²) < 4.78 is 0. The van der Waals surface area contributed by atoms with Crippen LogP contribution in [0.3, 0.4) is 0 Å². The van der Waals surface area contributed by atoms with Gasteiger partial charge in [-0.3, -0.25) is 0 Å². The zero-order valence-electron chi connectivity index (χ0n) is 16.1. The Balaban J connectivity index is 2.28. The van der Waals surface area contributed by atoms with Crippen molar-refractivity contribution < 1.29 is 5.11 Å². The van der Waals surface area contributed by atoms with Crippen molar-refractivity contribution in [1.82, 2.24) is 0 Å². The molecule has 0 aliphatic heterocycles. The lowest BCUT2D eigenvalue weighted by molar-refractivity contribution is 0.194. The molecule has 3 rings (SSSR count). The lowest BCUT2D eigenvalue weighted by Gasteiger charge is -2.51. The minimum Gasteiger partial charge on any atom is -0.391 e. The molecule has 1 nitrogen and oxygen atoms in total. The van der Waals surface area contributed by atoms with Crippen molar-refractivity contribution in [2.75, 3.05) is 0 Å². The van der Waals surface area contributed by atoms with Gasteiger partial charge in [-0.1, -0.05) is 128 Å². The van der Waals surface area contributed by atoms with Crippen LogP contribution < -0.4 is 10.4 Å². The number of benzene rings is 3. The zero-order chi connectivity index (χ0) is 18.8. The van der Waals surface area contributed by atoms with Gasteiger partial charge in [-0.15, -0.1) is 0 Å². The van der Waals surface area contributed by atoms with E-state index < -0.39 is 21.0 Å². The van der Waals surface area contributed by atoms with Crippen molar-refractivity contribution in [2.24, 2.45) is 0 Å². The second-order valence-corrected chi connectivity index (χ2v) is 17.7. The van der Waals surface area contributed by atoms with E-state index in [4.69, 9.17) is 0 Å². The molecule has 0 saturated carbocycles. The largest absolute Gasteiger partial charge is 0.391 e. The van der Waals surface area contributed by atoms with Crippen molar-refractivity contribution >= 4 is 26.5 Å². The van der Waals surface area contributed by atoms with E-state index in [-0.39, 0.29) is 0 Å². The Morgan fingerprint density at radius 2 is 0.846 bits per heavy atom. The summed E-state index contributed by atoms with van der Waals surface area (Å²) in [6.07, 6.45) is 0. The third kappa shape index (κ3) is 2.90. The summed E-state index contributed by atoms with van der Waals surface area (Å²) >= 11 is 0. The van der Waals surface area contributed by atoms with E-state index in [0.29, 0.717) is 0 Å². The second-order valence-electron chi connectivity index (χ2n) is 8.06. The molecule has 0 heterocycles. The van der Waals surface area contributed by atoms with Crippen molar-refractivity contribution in [3.8, 4) is 0 Å². The van der Waals surface area contributed by atoms with E-state index >= 15 is 0 Å². The van der Waals surface area contributed by atoms with Crippen molar-refractivity contribution in [1.29, 1.82) is 0 Å². The molecule has 3 aromatic carbocycles. The van der Waals surface area contributed by atoms with Gasteiger partial charge in [0.25, 0.3) is 0 Å². The SMILES string of the molecule is C[Si](C)(c1ccccc1)C(O)(c1ccccc1)[Si](C)(C)c1ccccc1. The molecule has 0 aromatic heterocycles. The van der Waals surface area contributed by atoms with Gasteiger partial charge in [0, 0.05) is 0 Å². The normalized spacial score (nSPS) is 12.8. The molecule has 0 bridgehead atoms. The third-order valence-corrected chi connectivity index (χ3v) is 17.5. The van der Waals surface area contributed by atoms with E-state index in [1.165, 1.54) is 10.4 Å². The summed E-state index contributed by atoms with van der Waals surface area (Å²) in [5, 5.41) is 15.2. The fraction of sp³-hybridized carbons (Fsp3) is 0.217. The van der Waals surface area contributed by atoms with Crippen LogP contribution in [0.5, 0.6) is 0 Å². The Kier molecular flexibility index (Phi) is 5.06. The molecule has 0 fully saturated rings. The molecule has 0 radical (unpaired) electrons. The molecule has 0 unspecified atom stereocenters. The summed E-state index contributed by atoms with van der Waals surface area (Å²) in [7, 11) is -4.55. The van der Waals surface area contributed by atoms with Crippen LogP contribution in [-0.2, 0) is 4.85 Å². The summed E-state index contributed by atoms with van der Waals surface area (Å²) in [5.41, 5.74) is 1.06. The van der Waals surface area contributed by atoms with E-state index in [1.807, 2.05) is 18.2 Å². The molecule has 26 heavy (non-hydrogen) atoms. The average molecular weight is 377 g/mol. The average Bonchev–Trinajstić information content (AvgIpc) is 2.69. The van der Waals surface area contributed by atoms with Crippen molar-refractivity contribution in [2.45, 2.75) is 31.0 Å². The number of rotatable bonds is 5. The zero-order valence-corrected chi connectivity index (χ0v) is 18.1. The molecule has 3 heteroatoms. The van der Waals surface area contributed by atoms with E-state index in [9.17, 15) is 5.11 Å². The summed E-state index contributed by atoms with van der Waals surface area (Å²) in [6, 6.07) is 31.6. The molecule has 0 spiro atoms. The molecule has 0 aliphatic carbocycles. The van der Waals surface area contributed by atoms with Crippen LogP contribution in [0.4, 0.5) is 0 Å². The van der Waals surface area contributed by atoms with Crippen LogP contribution in [0.15, 0.2) is 91.0 Å². The van der Waals surface area contributed by atoms with Gasteiger partial charge in [0.05, 0.1) is 4.85 Å². The highest BCUT2D eigenvalue weighted by Crippen LogP contribution is 2.39. The van der Waals surface area contributed by atoms with Crippen LogP contribution in [0.25, 0.3) is 0 Å². The predicted octanol–water partition coefficient (Wildman–Crippen LogP) is 4.18. The van der Waals surface area contributed by atoms with Crippen LogP contribution in [0.1, 0.15) is 5.56 Å². The van der Waals surface area contributed by atoms with Gasteiger partial charge in [0.15, 0.2) is 0 Å². The maximum Gasteiger partial charge on any atom is 0.119 e. The van der Waals surface area contributed by atoms with Gasteiger partial charge in [0.2, 0.25) is 0 Å². The molecule has 0 amide bonds. The molecular formula is C23H28OSi2. The highest BCUT2D eigenvalue weighted by atomic mass is 28.4. The Morgan fingerprint density at radius 3 is 1.19 bits per heavy atom. The summed E-state index contributed by atoms with van der Waals surface area (Å²) in [6.45, 7) is 9.25. The van der Waals surface area contributed by atoms with Crippen LogP contribution in [0.2, 0.25) is 26.2 Å². The monoisotopic (exact) mass is 376 g/mol. The first-order valence-corrected chi connectivity index (χ1v) is 15.2. The Bertz CT molecular complexity index is 792. The maximum atomic E-state index is 12.6. The lowest BCUT2D eigenvalue weighted by Crippen LogP contribution is -2.74. The summed E-state index contributed by atoms with van der Waals surface area (Å²) in [5.74, 6) is 0. The smallest absolute Gasteiger partial charge is 0.119 e. The highest BCUT2D eigenvalue weighted by molar-refractivity contribution is 7.09. The maximum absolute atomic E-state index is 12.6. The standard InChI is InChI=1S/C23H28OSi2/c1-25(2,21-16-10-6-11-17-21)23(24,20-14-8-5-9-15-20)26(3,4)22-18-12-7-13-19-22/h5-19,24H,1-4H3. The molecule has 1 N–H and O–H groups in total. The quantitative estimate of drug-likeness (QED) is 0.662. The fourth-order valence-corrected chi connectivity index (χ4v) is 16.1. The Hall–Kier alpha value is -1.95. The minimum absolute atomic E-state index is 0.829. The van der Waals surface area contributed by atoms with E-state index in [0.717, 1.165) is 5.56 Å². The van der Waals surface area contributed by atoms with Crippen molar-refractivity contribution in [3.05, 3.63) is 96.6 Å². The highest BCUT2D eigenvalue weighted by Gasteiger charge is 2.58. The van der Waals surface area contributed by atoms with Gasteiger partial charge in [-0.05, 0) is 5.56 Å². The Morgan fingerprint density at radius 1 is 0.538 bits per heavy atom. The fourth-order valence-electron chi connectivity index (χ4n) is 4.31. The molecule has 0 aliphatic rings. The molecule has 0 atom stereocenters. The minimum atomic E-state index is -2.27. The summed E-state index contributed by atoms with van der Waals surface area (Å²) in [4.78, 5) is -0.829. The van der Waals surface area contributed by atoms with Gasteiger partial charge in [-0.2, -0.15) is 0 Å². The third-order valence-electron chi connectivity index (χ3n) is 5.99. The van der Waals surface area contributed by atoms with Gasteiger partial charge < -0.3 is 5.11 Å². The van der Waals surface area contributed by atoms with Gasteiger partial charge in [-0.25, -0.2) is 0 Å².